The molecule has 0 aromatic rings. The van der Waals surface area contributed by atoms with Crippen LogP contribution in [0.2, 0.25) is 0 Å². The van der Waals surface area contributed by atoms with Gasteiger partial charge in [0.15, 0.2) is 0 Å². The zero-order valence-electron chi connectivity index (χ0n) is 11.9. The SMILES string of the molecule is CC1CCCC(NC(=O)C2CCCCC2(C)N)C1. The molecular formula is C15H28N2O. The molecule has 0 spiro atoms. The summed E-state index contributed by atoms with van der Waals surface area (Å²) >= 11 is 0. The highest BCUT2D eigenvalue weighted by molar-refractivity contribution is 5.80. The van der Waals surface area contributed by atoms with Crippen LogP contribution >= 0.6 is 0 Å². The average Bonchev–Trinajstić information content (AvgIpc) is 2.28. The predicted molar refractivity (Wildman–Crippen MR) is 74.1 cm³/mol. The smallest absolute Gasteiger partial charge is 0.225 e. The molecule has 0 saturated heterocycles. The van der Waals surface area contributed by atoms with Crippen molar-refractivity contribution < 1.29 is 4.79 Å². The fourth-order valence-electron chi connectivity index (χ4n) is 3.66. The Morgan fingerprint density at radius 2 is 2.00 bits per heavy atom. The Bertz CT molecular complexity index is 301. The molecule has 2 saturated carbocycles. The van der Waals surface area contributed by atoms with Crippen molar-refractivity contribution in [3.8, 4) is 0 Å². The van der Waals surface area contributed by atoms with E-state index in [4.69, 9.17) is 5.73 Å². The van der Waals surface area contributed by atoms with Crippen molar-refractivity contribution in [1.82, 2.24) is 5.32 Å². The van der Waals surface area contributed by atoms with Crippen molar-refractivity contribution >= 4 is 5.91 Å². The quantitative estimate of drug-likeness (QED) is 0.793. The van der Waals surface area contributed by atoms with E-state index in [0.29, 0.717) is 6.04 Å². The van der Waals surface area contributed by atoms with Gasteiger partial charge in [-0.2, -0.15) is 0 Å². The molecule has 104 valence electrons. The van der Waals surface area contributed by atoms with E-state index in [2.05, 4.69) is 12.2 Å². The highest BCUT2D eigenvalue weighted by Gasteiger charge is 2.38. The molecule has 4 atom stereocenters. The third-order valence-corrected chi connectivity index (χ3v) is 4.85. The van der Waals surface area contributed by atoms with E-state index in [1.54, 1.807) is 0 Å². The van der Waals surface area contributed by atoms with E-state index in [1.165, 1.54) is 12.8 Å². The molecule has 0 bridgehead atoms. The largest absolute Gasteiger partial charge is 0.353 e. The van der Waals surface area contributed by atoms with Crippen LogP contribution < -0.4 is 11.1 Å². The number of nitrogens with two attached hydrogens (primary N) is 1. The fourth-order valence-corrected chi connectivity index (χ4v) is 3.66. The Labute approximate surface area is 111 Å². The lowest BCUT2D eigenvalue weighted by Crippen LogP contribution is -2.54. The summed E-state index contributed by atoms with van der Waals surface area (Å²) in [5, 5.41) is 3.26. The monoisotopic (exact) mass is 252 g/mol. The number of rotatable bonds is 2. The zero-order valence-corrected chi connectivity index (χ0v) is 11.9. The summed E-state index contributed by atoms with van der Waals surface area (Å²) in [6.07, 6.45) is 9.08. The van der Waals surface area contributed by atoms with Crippen molar-refractivity contribution in [2.75, 3.05) is 0 Å². The molecule has 0 aromatic carbocycles. The van der Waals surface area contributed by atoms with Gasteiger partial charge in [0.2, 0.25) is 5.91 Å². The molecule has 2 fully saturated rings. The Hall–Kier alpha value is -0.570. The van der Waals surface area contributed by atoms with Crippen molar-refractivity contribution in [2.24, 2.45) is 17.6 Å². The first-order valence-electron chi connectivity index (χ1n) is 7.58. The van der Waals surface area contributed by atoms with E-state index >= 15 is 0 Å². The highest BCUT2D eigenvalue weighted by atomic mass is 16.2. The molecule has 2 rings (SSSR count). The van der Waals surface area contributed by atoms with Gasteiger partial charge in [-0.05, 0) is 38.5 Å². The Balaban J connectivity index is 1.90. The van der Waals surface area contributed by atoms with Crippen LogP contribution in [0.25, 0.3) is 0 Å². The molecule has 2 aliphatic carbocycles. The maximum atomic E-state index is 12.4. The molecule has 0 aliphatic heterocycles. The van der Waals surface area contributed by atoms with Gasteiger partial charge in [0, 0.05) is 11.6 Å². The van der Waals surface area contributed by atoms with E-state index in [1.807, 2.05) is 6.92 Å². The fraction of sp³-hybridized carbons (Fsp3) is 0.933. The molecule has 3 N–H and O–H groups in total. The van der Waals surface area contributed by atoms with Gasteiger partial charge in [-0.1, -0.05) is 32.6 Å². The van der Waals surface area contributed by atoms with Gasteiger partial charge in [0.05, 0.1) is 5.92 Å². The maximum absolute atomic E-state index is 12.4. The maximum Gasteiger partial charge on any atom is 0.225 e. The molecule has 0 radical (unpaired) electrons. The number of hydrogen-bond acceptors (Lipinski definition) is 2. The van der Waals surface area contributed by atoms with Crippen LogP contribution in [-0.4, -0.2) is 17.5 Å². The van der Waals surface area contributed by atoms with Gasteiger partial charge in [-0.3, -0.25) is 4.79 Å². The summed E-state index contributed by atoms with van der Waals surface area (Å²) in [4.78, 5) is 12.4. The van der Waals surface area contributed by atoms with E-state index < -0.39 is 0 Å². The topological polar surface area (TPSA) is 55.1 Å². The Morgan fingerprint density at radius 3 is 2.67 bits per heavy atom. The molecule has 18 heavy (non-hydrogen) atoms. The van der Waals surface area contributed by atoms with Crippen molar-refractivity contribution in [1.29, 1.82) is 0 Å². The van der Waals surface area contributed by atoms with Crippen LogP contribution in [-0.2, 0) is 4.79 Å². The number of carbonyl (C=O) groups is 1. The average molecular weight is 252 g/mol. The van der Waals surface area contributed by atoms with Gasteiger partial charge in [0.25, 0.3) is 0 Å². The molecule has 1 amide bonds. The minimum absolute atomic E-state index is 0.0171. The highest BCUT2D eigenvalue weighted by Crippen LogP contribution is 2.32. The molecule has 2 aliphatic rings. The summed E-state index contributed by atoms with van der Waals surface area (Å²) in [5.74, 6) is 0.974. The lowest BCUT2D eigenvalue weighted by atomic mass is 9.74. The molecule has 0 heterocycles. The molecule has 4 unspecified atom stereocenters. The minimum atomic E-state index is -0.303. The Kier molecular flexibility index (Phi) is 4.31. The van der Waals surface area contributed by atoms with Crippen LogP contribution in [0, 0.1) is 11.8 Å². The summed E-state index contributed by atoms with van der Waals surface area (Å²) < 4.78 is 0. The van der Waals surface area contributed by atoms with Gasteiger partial charge in [-0.15, -0.1) is 0 Å². The van der Waals surface area contributed by atoms with Crippen molar-refractivity contribution in [3.05, 3.63) is 0 Å². The molecule has 3 heteroatoms. The first-order valence-corrected chi connectivity index (χ1v) is 7.58. The zero-order chi connectivity index (χ0) is 13.2. The molecule has 0 aromatic heterocycles. The third-order valence-electron chi connectivity index (χ3n) is 4.85. The minimum Gasteiger partial charge on any atom is -0.353 e. The van der Waals surface area contributed by atoms with E-state index in [0.717, 1.165) is 44.4 Å². The van der Waals surface area contributed by atoms with Crippen LogP contribution in [0.1, 0.15) is 65.2 Å². The molecule has 3 nitrogen and oxygen atoms in total. The number of hydrogen-bond donors (Lipinski definition) is 2. The predicted octanol–water partition coefficient (Wildman–Crippen LogP) is 2.59. The third kappa shape index (κ3) is 3.25. The van der Waals surface area contributed by atoms with Crippen LogP contribution in [0.15, 0.2) is 0 Å². The lowest BCUT2D eigenvalue weighted by molar-refractivity contribution is -0.129. The van der Waals surface area contributed by atoms with Gasteiger partial charge in [-0.25, -0.2) is 0 Å². The summed E-state index contributed by atoms with van der Waals surface area (Å²) in [6, 6.07) is 0.388. The standard InChI is InChI=1S/C15H28N2O/c1-11-6-5-7-12(10-11)17-14(18)13-8-3-4-9-15(13,2)16/h11-13H,3-10,16H2,1-2H3,(H,17,18). The first kappa shape index (κ1) is 13.9. The van der Waals surface area contributed by atoms with Crippen LogP contribution in [0.4, 0.5) is 0 Å². The second-order valence-electron chi connectivity index (χ2n) is 6.78. The first-order chi connectivity index (χ1) is 8.49. The Morgan fingerprint density at radius 1 is 1.22 bits per heavy atom. The number of carbonyl (C=O) groups excluding carboxylic acids is 1. The van der Waals surface area contributed by atoms with E-state index in [-0.39, 0.29) is 17.4 Å². The second-order valence-corrected chi connectivity index (χ2v) is 6.78. The van der Waals surface area contributed by atoms with Crippen LogP contribution in [0.5, 0.6) is 0 Å². The summed E-state index contributed by atoms with van der Waals surface area (Å²) in [7, 11) is 0. The number of amides is 1. The van der Waals surface area contributed by atoms with Crippen LogP contribution in [0.3, 0.4) is 0 Å². The van der Waals surface area contributed by atoms with Crippen molar-refractivity contribution in [2.45, 2.75) is 76.8 Å². The lowest BCUT2D eigenvalue weighted by Gasteiger charge is -2.38. The van der Waals surface area contributed by atoms with Gasteiger partial charge < -0.3 is 11.1 Å². The second kappa shape index (κ2) is 5.60. The van der Waals surface area contributed by atoms with Crippen molar-refractivity contribution in [3.63, 3.8) is 0 Å². The summed E-state index contributed by atoms with van der Waals surface area (Å²) in [5.41, 5.74) is 5.99. The molecular weight excluding hydrogens is 224 g/mol. The summed E-state index contributed by atoms with van der Waals surface area (Å²) in [6.45, 7) is 4.33. The number of nitrogens with one attached hydrogen (secondary N) is 1. The van der Waals surface area contributed by atoms with E-state index in [9.17, 15) is 4.79 Å². The van der Waals surface area contributed by atoms with Gasteiger partial charge >= 0.3 is 0 Å². The van der Waals surface area contributed by atoms with Gasteiger partial charge in [0.1, 0.15) is 0 Å². The normalized spacial score (nSPS) is 41.4.